The molecule has 2 unspecified atom stereocenters. The smallest absolute Gasteiger partial charge is 0.389 e. The highest BCUT2D eigenvalue weighted by Crippen LogP contribution is 2.44. The van der Waals surface area contributed by atoms with Crippen LogP contribution in [0.2, 0.25) is 0 Å². The van der Waals surface area contributed by atoms with Crippen LogP contribution >= 0.6 is 0 Å². The first-order valence-corrected chi connectivity index (χ1v) is 6.75. The van der Waals surface area contributed by atoms with Crippen molar-refractivity contribution in [1.82, 2.24) is 0 Å². The summed E-state index contributed by atoms with van der Waals surface area (Å²) in [6, 6.07) is 9.41. The van der Waals surface area contributed by atoms with Crippen LogP contribution in [0.1, 0.15) is 50.0 Å². The number of hydrogen-bond donors (Lipinski definition) is 1. The Bertz CT molecular complexity index is 402. The molecule has 0 spiro atoms. The third-order valence-corrected chi connectivity index (χ3v) is 4.04. The molecule has 0 heterocycles. The van der Waals surface area contributed by atoms with Crippen LogP contribution in [0.5, 0.6) is 0 Å². The minimum Gasteiger partial charge on any atom is -0.389 e. The largest absolute Gasteiger partial charge is 0.389 e. The van der Waals surface area contributed by atoms with Gasteiger partial charge in [-0.3, -0.25) is 0 Å². The van der Waals surface area contributed by atoms with Crippen LogP contribution in [0.25, 0.3) is 0 Å². The van der Waals surface area contributed by atoms with Gasteiger partial charge in [0, 0.05) is 12.3 Å². The summed E-state index contributed by atoms with van der Waals surface area (Å²) in [5.74, 6) is -0.176. The second-order valence-corrected chi connectivity index (χ2v) is 5.43. The molecule has 0 radical (unpaired) electrons. The molecule has 1 aliphatic carbocycles. The maximum atomic E-state index is 12.4. The molecule has 1 nitrogen and oxygen atoms in total. The molecule has 2 atom stereocenters. The molecule has 0 saturated heterocycles. The topological polar surface area (TPSA) is 20.2 Å². The Morgan fingerprint density at radius 3 is 2.47 bits per heavy atom. The van der Waals surface area contributed by atoms with Crippen LogP contribution in [0.4, 0.5) is 13.2 Å². The number of rotatable bonds is 3. The Hall–Kier alpha value is -1.03. The summed E-state index contributed by atoms with van der Waals surface area (Å²) in [4.78, 5) is 0. The van der Waals surface area contributed by atoms with Gasteiger partial charge in [0.1, 0.15) is 0 Å². The molecule has 2 rings (SSSR count). The van der Waals surface area contributed by atoms with Crippen molar-refractivity contribution in [3.8, 4) is 0 Å². The molecular weight excluding hydrogens is 253 g/mol. The first-order chi connectivity index (χ1) is 8.91. The van der Waals surface area contributed by atoms with Gasteiger partial charge in [-0.05, 0) is 24.8 Å². The summed E-state index contributed by atoms with van der Waals surface area (Å²) in [5.41, 5.74) is -0.262. The van der Waals surface area contributed by atoms with Gasteiger partial charge in [0.05, 0.1) is 5.60 Å². The molecule has 1 aromatic rings. The summed E-state index contributed by atoms with van der Waals surface area (Å²) in [5, 5.41) is 10.6. The van der Waals surface area contributed by atoms with Crippen LogP contribution in [0.15, 0.2) is 30.3 Å². The maximum absolute atomic E-state index is 12.4. The van der Waals surface area contributed by atoms with E-state index < -0.39 is 18.2 Å². The second-order valence-electron chi connectivity index (χ2n) is 5.43. The van der Waals surface area contributed by atoms with E-state index in [2.05, 4.69) is 0 Å². The van der Waals surface area contributed by atoms with E-state index >= 15 is 0 Å². The van der Waals surface area contributed by atoms with E-state index in [1.165, 1.54) is 0 Å². The summed E-state index contributed by atoms with van der Waals surface area (Å²) in [6.07, 6.45) is -2.32. The van der Waals surface area contributed by atoms with E-state index in [1.807, 2.05) is 30.3 Å². The molecule has 106 valence electrons. The number of aliphatic hydroxyl groups is 1. The molecule has 4 heteroatoms. The zero-order chi connectivity index (χ0) is 13.9. The van der Waals surface area contributed by atoms with E-state index in [-0.39, 0.29) is 12.3 Å². The third-order valence-electron chi connectivity index (χ3n) is 4.04. The molecule has 1 aliphatic rings. The summed E-state index contributed by atoms with van der Waals surface area (Å²) >= 11 is 0. The number of hydrogen-bond acceptors (Lipinski definition) is 1. The van der Waals surface area contributed by atoms with Crippen LogP contribution in [-0.2, 0) is 0 Å². The molecule has 1 saturated carbocycles. The first-order valence-electron chi connectivity index (χ1n) is 6.75. The van der Waals surface area contributed by atoms with Gasteiger partial charge in [-0.15, -0.1) is 0 Å². The van der Waals surface area contributed by atoms with Gasteiger partial charge in [-0.2, -0.15) is 13.2 Å². The number of benzene rings is 1. The first kappa shape index (κ1) is 14.4. The van der Waals surface area contributed by atoms with Gasteiger partial charge in [-0.1, -0.05) is 43.2 Å². The van der Waals surface area contributed by atoms with Gasteiger partial charge >= 0.3 is 6.18 Å². The predicted molar refractivity (Wildman–Crippen MR) is 67.9 cm³/mol. The van der Waals surface area contributed by atoms with Gasteiger partial charge in [-0.25, -0.2) is 0 Å². The van der Waals surface area contributed by atoms with Crippen molar-refractivity contribution >= 4 is 0 Å². The monoisotopic (exact) mass is 272 g/mol. The molecule has 19 heavy (non-hydrogen) atoms. The zero-order valence-electron chi connectivity index (χ0n) is 10.8. The normalized spacial score (nSPS) is 28.3. The minimum absolute atomic E-state index is 0.176. The van der Waals surface area contributed by atoms with Crippen molar-refractivity contribution in [3.05, 3.63) is 35.9 Å². The van der Waals surface area contributed by atoms with Gasteiger partial charge < -0.3 is 5.11 Å². The quantitative estimate of drug-likeness (QED) is 0.863. The van der Waals surface area contributed by atoms with Crippen molar-refractivity contribution < 1.29 is 18.3 Å². The Morgan fingerprint density at radius 2 is 1.84 bits per heavy atom. The fourth-order valence-corrected chi connectivity index (χ4v) is 3.04. The van der Waals surface area contributed by atoms with E-state index in [0.717, 1.165) is 24.8 Å². The third kappa shape index (κ3) is 3.72. The lowest BCUT2D eigenvalue weighted by Gasteiger charge is -2.40. The lowest BCUT2D eigenvalue weighted by Crippen LogP contribution is -2.40. The zero-order valence-corrected chi connectivity index (χ0v) is 10.8. The van der Waals surface area contributed by atoms with E-state index in [4.69, 9.17) is 0 Å². The molecule has 1 fully saturated rings. The maximum Gasteiger partial charge on any atom is 0.389 e. The Balaban J connectivity index is 2.15. The van der Waals surface area contributed by atoms with E-state index in [1.54, 1.807) is 0 Å². The van der Waals surface area contributed by atoms with Crippen molar-refractivity contribution in [2.75, 3.05) is 0 Å². The highest BCUT2D eigenvalue weighted by molar-refractivity contribution is 5.23. The van der Waals surface area contributed by atoms with Crippen molar-refractivity contribution in [2.24, 2.45) is 0 Å². The lowest BCUT2D eigenvalue weighted by molar-refractivity contribution is -0.151. The summed E-state index contributed by atoms with van der Waals surface area (Å²) in [7, 11) is 0. The van der Waals surface area contributed by atoms with Crippen molar-refractivity contribution in [1.29, 1.82) is 0 Å². The molecule has 0 aromatic heterocycles. The fourth-order valence-electron chi connectivity index (χ4n) is 3.04. The SMILES string of the molecule is OC1(CCC(F)(F)F)CCCCC1c1ccccc1. The number of alkyl halides is 3. The predicted octanol–water partition coefficient (Wildman–Crippen LogP) is 4.42. The standard InChI is InChI=1S/C15H19F3O/c16-15(17,18)11-10-14(19)9-5-4-8-13(14)12-6-2-1-3-7-12/h1-3,6-7,13,19H,4-5,8-11H2. The molecule has 1 aromatic carbocycles. The molecule has 1 N–H and O–H groups in total. The van der Waals surface area contributed by atoms with Gasteiger partial charge in [0.25, 0.3) is 0 Å². The highest BCUT2D eigenvalue weighted by atomic mass is 19.4. The molecular formula is C15H19F3O. The van der Waals surface area contributed by atoms with E-state index in [0.29, 0.717) is 6.42 Å². The van der Waals surface area contributed by atoms with Crippen LogP contribution in [0.3, 0.4) is 0 Å². The fraction of sp³-hybridized carbons (Fsp3) is 0.600. The average molecular weight is 272 g/mol. The highest BCUT2D eigenvalue weighted by Gasteiger charge is 2.42. The van der Waals surface area contributed by atoms with E-state index in [9.17, 15) is 18.3 Å². The van der Waals surface area contributed by atoms with Crippen LogP contribution in [-0.4, -0.2) is 16.9 Å². The van der Waals surface area contributed by atoms with Crippen molar-refractivity contribution in [2.45, 2.75) is 56.2 Å². The Labute approximate surface area is 111 Å². The average Bonchev–Trinajstić information content (AvgIpc) is 2.37. The van der Waals surface area contributed by atoms with Crippen LogP contribution in [0, 0.1) is 0 Å². The second kappa shape index (κ2) is 5.53. The lowest BCUT2D eigenvalue weighted by atomic mass is 9.70. The summed E-state index contributed by atoms with van der Waals surface area (Å²) in [6.45, 7) is 0. The molecule has 0 bridgehead atoms. The molecule has 0 amide bonds. The minimum atomic E-state index is -4.20. The Kier molecular flexibility index (Phi) is 4.19. The summed E-state index contributed by atoms with van der Waals surface area (Å²) < 4.78 is 37.2. The van der Waals surface area contributed by atoms with Gasteiger partial charge in [0.15, 0.2) is 0 Å². The van der Waals surface area contributed by atoms with Crippen LogP contribution < -0.4 is 0 Å². The van der Waals surface area contributed by atoms with Crippen molar-refractivity contribution in [3.63, 3.8) is 0 Å². The number of halogens is 3. The Morgan fingerprint density at radius 1 is 1.16 bits per heavy atom. The van der Waals surface area contributed by atoms with Gasteiger partial charge in [0.2, 0.25) is 0 Å². The molecule has 0 aliphatic heterocycles.